The maximum atomic E-state index is 9.48. The SMILES string of the molecule is COC1(O)Nn2ccnc2S1. The van der Waals surface area contributed by atoms with Gasteiger partial charge in [0.15, 0.2) is 5.16 Å². The lowest BCUT2D eigenvalue weighted by Crippen LogP contribution is -2.36. The summed E-state index contributed by atoms with van der Waals surface area (Å²) in [6.45, 7) is 0. The molecule has 6 heteroatoms. The van der Waals surface area contributed by atoms with Gasteiger partial charge in [0.1, 0.15) is 0 Å². The van der Waals surface area contributed by atoms with Crippen molar-refractivity contribution in [2.45, 2.75) is 10.4 Å². The van der Waals surface area contributed by atoms with Crippen molar-refractivity contribution in [3.05, 3.63) is 12.4 Å². The van der Waals surface area contributed by atoms with Crippen LogP contribution in [0.4, 0.5) is 0 Å². The highest BCUT2D eigenvalue weighted by molar-refractivity contribution is 8.00. The minimum Gasteiger partial charge on any atom is -0.339 e. The summed E-state index contributed by atoms with van der Waals surface area (Å²) in [5.41, 5.74) is 2.69. The molecule has 5 nitrogen and oxygen atoms in total. The average Bonchev–Trinajstić information content (AvgIpc) is 2.46. The fourth-order valence-corrected chi connectivity index (χ4v) is 1.63. The van der Waals surface area contributed by atoms with Gasteiger partial charge in [-0.2, -0.15) is 0 Å². The molecule has 0 spiro atoms. The number of nitrogens with one attached hydrogen (secondary N) is 1. The molecule has 1 aliphatic rings. The summed E-state index contributed by atoms with van der Waals surface area (Å²) in [7, 11) is 1.42. The Balaban J connectivity index is 2.28. The number of imidazole rings is 1. The molecule has 60 valence electrons. The van der Waals surface area contributed by atoms with Gasteiger partial charge in [0.25, 0.3) is 0 Å². The second kappa shape index (κ2) is 2.13. The lowest BCUT2D eigenvalue weighted by molar-refractivity contribution is -0.0893. The number of ether oxygens (including phenoxy) is 1. The van der Waals surface area contributed by atoms with Crippen molar-refractivity contribution in [1.82, 2.24) is 9.66 Å². The molecule has 0 amide bonds. The highest BCUT2D eigenvalue weighted by atomic mass is 32.2. The van der Waals surface area contributed by atoms with Crippen LogP contribution in [0.1, 0.15) is 0 Å². The average molecular weight is 173 g/mol. The summed E-state index contributed by atoms with van der Waals surface area (Å²) in [6, 6.07) is 0. The van der Waals surface area contributed by atoms with E-state index >= 15 is 0 Å². The van der Waals surface area contributed by atoms with Crippen LogP contribution >= 0.6 is 11.8 Å². The van der Waals surface area contributed by atoms with E-state index in [0.29, 0.717) is 5.16 Å². The minimum absolute atomic E-state index is 0.689. The molecule has 11 heavy (non-hydrogen) atoms. The Morgan fingerprint density at radius 2 is 2.73 bits per heavy atom. The molecule has 0 fully saturated rings. The van der Waals surface area contributed by atoms with Crippen LogP contribution in [0.25, 0.3) is 0 Å². The third-order valence-corrected chi connectivity index (χ3v) is 2.39. The smallest absolute Gasteiger partial charge is 0.321 e. The molecular weight excluding hydrogens is 166 g/mol. The van der Waals surface area contributed by atoms with E-state index in [2.05, 4.69) is 10.4 Å². The zero-order valence-electron chi connectivity index (χ0n) is 5.81. The quantitative estimate of drug-likeness (QED) is 0.575. The van der Waals surface area contributed by atoms with Crippen molar-refractivity contribution >= 4 is 11.8 Å². The maximum absolute atomic E-state index is 9.48. The fraction of sp³-hybridized carbons (Fsp3) is 0.400. The molecule has 2 heterocycles. The number of hydrogen-bond donors (Lipinski definition) is 2. The molecule has 0 bridgehead atoms. The number of thioether (sulfide) groups is 1. The van der Waals surface area contributed by atoms with Crippen LogP contribution in [0, 0.1) is 0 Å². The van der Waals surface area contributed by atoms with Crippen LogP contribution in [0.5, 0.6) is 0 Å². The molecule has 1 aromatic rings. The van der Waals surface area contributed by atoms with Crippen LogP contribution in [-0.2, 0) is 4.74 Å². The molecule has 1 aromatic heterocycles. The van der Waals surface area contributed by atoms with Crippen molar-refractivity contribution in [2.24, 2.45) is 0 Å². The molecule has 0 aliphatic carbocycles. The summed E-state index contributed by atoms with van der Waals surface area (Å²) in [5.74, 6) is 0. The van der Waals surface area contributed by atoms with E-state index in [0.717, 1.165) is 11.8 Å². The third-order valence-electron chi connectivity index (χ3n) is 1.37. The van der Waals surface area contributed by atoms with E-state index in [1.54, 1.807) is 17.1 Å². The number of aliphatic hydroxyl groups is 1. The van der Waals surface area contributed by atoms with Crippen molar-refractivity contribution in [2.75, 3.05) is 12.5 Å². The number of fused-ring (bicyclic) bond motifs is 1. The number of rotatable bonds is 1. The van der Waals surface area contributed by atoms with Crippen LogP contribution in [0.15, 0.2) is 17.6 Å². The lowest BCUT2D eigenvalue weighted by atomic mass is 10.9. The fourth-order valence-electron chi connectivity index (χ4n) is 0.836. The van der Waals surface area contributed by atoms with Gasteiger partial charge in [-0.1, -0.05) is 0 Å². The molecule has 1 atom stereocenters. The van der Waals surface area contributed by atoms with Crippen molar-refractivity contribution in [1.29, 1.82) is 0 Å². The minimum atomic E-state index is -1.36. The van der Waals surface area contributed by atoms with Gasteiger partial charge in [-0.3, -0.25) is 5.43 Å². The summed E-state index contributed by atoms with van der Waals surface area (Å²) in [4.78, 5) is 3.96. The first-order chi connectivity index (χ1) is 5.23. The summed E-state index contributed by atoms with van der Waals surface area (Å²) in [5, 5.41) is 8.81. The molecule has 0 radical (unpaired) electrons. The number of hydrogen-bond acceptors (Lipinski definition) is 5. The Hall–Kier alpha value is -0.720. The number of aromatic nitrogens is 2. The van der Waals surface area contributed by atoms with Crippen LogP contribution in [-0.4, -0.2) is 27.1 Å². The first kappa shape index (κ1) is 6.96. The first-order valence-corrected chi connectivity index (χ1v) is 3.83. The Labute approximate surface area is 67.3 Å². The van der Waals surface area contributed by atoms with Gasteiger partial charge in [-0.05, 0) is 0 Å². The van der Waals surface area contributed by atoms with Gasteiger partial charge >= 0.3 is 5.24 Å². The molecule has 0 aromatic carbocycles. The second-order valence-electron chi connectivity index (χ2n) is 2.08. The monoisotopic (exact) mass is 173 g/mol. The molecule has 0 saturated heterocycles. The maximum Gasteiger partial charge on any atom is 0.321 e. The normalized spacial score (nSPS) is 28.2. The van der Waals surface area contributed by atoms with Gasteiger partial charge in [-0.15, -0.1) is 0 Å². The number of nitrogens with zero attached hydrogens (tertiary/aromatic N) is 2. The standard InChI is InChI=1S/C5H7N3O2S/c1-10-5(9)7-8-3-2-6-4(8)11-5/h2-3,7,9H,1H3. The zero-order valence-corrected chi connectivity index (χ0v) is 6.63. The van der Waals surface area contributed by atoms with E-state index in [1.165, 1.54) is 7.11 Å². The molecule has 2 N–H and O–H groups in total. The van der Waals surface area contributed by atoms with E-state index in [1.807, 2.05) is 0 Å². The Morgan fingerprint density at radius 3 is 3.36 bits per heavy atom. The topological polar surface area (TPSA) is 59.3 Å². The molecule has 1 aliphatic heterocycles. The Morgan fingerprint density at radius 1 is 1.91 bits per heavy atom. The van der Waals surface area contributed by atoms with Gasteiger partial charge in [-0.25, -0.2) is 9.66 Å². The molecule has 1 unspecified atom stereocenters. The summed E-state index contributed by atoms with van der Waals surface area (Å²) in [6.07, 6.45) is 3.35. The van der Waals surface area contributed by atoms with Crippen LogP contribution in [0.2, 0.25) is 0 Å². The molecule has 0 saturated carbocycles. The summed E-state index contributed by atoms with van der Waals surface area (Å²) < 4.78 is 6.39. The highest BCUT2D eigenvalue weighted by Crippen LogP contribution is 2.34. The summed E-state index contributed by atoms with van der Waals surface area (Å²) >= 11 is 1.12. The van der Waals surface area contributed by atoms with Crippen molar-refractivity contribution in [3.8, 4) is 0 Å². The van der Waals surface area contributed by atoms with Gasteiger partial charge in [0.05, 0.1) is 0 Å². The van der Waals surface area contributed by atoms with Gasteiger partial charge < -0.3 is 9.84 Å². The predicted octanol–water partition coefficient (Wildman–Crippen LogP) is -0.218. The van der Waals surface area contributed by atoms with Crippen molar-refractivity contribution in [3.63, 3.8) is 0 Å². The van der Waals surface area contributed by atoms with E-state index in [-0.39, 0.29) is 0 Å². The van der Waals surface area contributed by atoms with Crippen LogP contribution < -0.4 is 5.43 Å². The van der Waals surface area contributed by atoms with E-state index < -0.39 is 5.24 Å². The number of methoxy groups -OCH3 is 1. The molecule has 2 rings (SSSR count). The zero-order chi connectivity index (χ0) is 7.90. The highest BCUT2D eigenvalue weighted by Gasteiger charge is 2.36. The van der Waals surface area contributed by atoms with Gasteiger partial charge in [0.2, 0.25) is 0 Å². The largest absolute Gasteiger partial charge is 0.339 e. The Kier molecular flexibility index (Phi) is 1.35. The molecular formula is C5H7N3O2S. The van der Waals surface area contributed by atoms with E-state index in [4.69, 9.17) is 4.74 Å². The van der Waals surface area contributed by atoms with Crippen LogP contribution in [0.3, 0.4) is 0 Å². The predicted molar refractivity (Wildman–Crippen MR) is 39.4 cm³/mol. The lowest BCUT2D eigenvalue weighted by Gasteiger charge is -2.18. The van der Waals surface area contributed by atoms with Crippen molar-refractivity contribution < 1.29 is 9.84 Å². The van der Waals surface area contributed by atoms with E-state index in [9.17, 15) is 5.11 Å². The Bertz CT molecular complexity index is 254. The third kappa shape index (κ3) is 0.991. The van der Waals surface area contributed by atoms with Gasteiger partial charge in [0, 0.05) is 31.3 Å². The second-order valence-corrected chi connectivity index (χ2v) is 3.20. The first-order valence-electron chi connectivity index (χ1n) is 3.01.